The van der Waals surface area contributed by atoms with E-state index in [0.717, 1.165) is 36.3 Å². The molecule has 4 heteroatoms. The molecule has 0 aliphatic heterocycles. The Bertz CT molecular complexity index is 463. The lowest BCUT2D eigenvalue weighted by Gasteiger charge is -2.05. The van der Waals surface area contributed by atoms with Crippen LogP contribution in [0.3, 0.4) is 0 Å². The Morgan fingerprint density at radius 3 is 2.65 bits per heavy atom. The van der Waals surface area contributed by atoms with Crippen LogP contribution in [-0.2, 0) is 0 Å². The lowest BCUT2D eigenvalue weighted by atomic mass is 10.1. The molecule has 4 nitrogen and oxygen atoms in total. The number of unbranched alkanes of at least 4 members (excludes halogenated alkanes) is 1. The summed E-state index contributed by atoms with van der Waals surface area (Å²) in [5.41, 5.74) is 7.44. The van der Waals surface area contributed by atoms with Gasteiger partial charge in [-0.25, -0.2) is 0 Å². The van der Waals surface area contributed by atoms with Crippen LogP contribution in [0, 0.1) is 0 Å². The van der Waals surface area contributed by atoms with Crippen LogP contribution in [0.5, 0.6) is 5.75 Å². The molecule has 2 aromatic rings. The number of nitrogen functional groups attached to an aromatic ring is 1. The van der Waals surface area contributed by atoms with E-state index in [-0.39, 0.29) is 0 Å². The molecular formula is C13H16N2O2. The summed E-state index contributed by atoms with van der Waals surface area (Å²) in [5.74, 6) is 1.21. The summed E-state index contributed by atoms with van der Waals surface area (Å²) < 4.78 is 10.4. The molecule has 0 fully saturated rings. The maximum absolute atomic E-state index is 5.65. The van der Waals surface area contributed by atoms with Gasteiger partial charge >= 0.3 is 0 Å². The third kappa shape index (κ3) is 2.78. The maximum atomic E-state index is 5.65. The van der Waals surface area contributed by atoms with Gasteiger partial charge in [-0.05, 0) is 24.1 Å². The van der Waals surface area contributed by atoms with Crippen LogP contribution in [-0.4, -0.2) is 11.8 Å². The zero-order chi connectivity index (χ0) is 12.1. The Labute approximate surface area is 100 Å². The van der Waals surface area contributed by atoms with Crippen LogP contribution in [0.2, 0.25) is 0 Å². The first kappa shape index (κ1) is 11.5. The van der Waals surface area contributed by atoms with E-state index in [2.05, 4.69) is 12.1 Å². The third-order valence-electron chi connectivity index (χ3n) is 2.53. The van der Waals surface area contributed by atoms with E-state index in [9.17, 15) is 0 Å². The number of rotatable bonds is 5. The second-order valence-electron chi connectivity index (χ2n) is 3.83. The summed E-state index contributed by atoms with van der Waals surface area (Å²) in [5, 5.41) is 3.65. The average Bonchev–Trinajstić information content (AvgIpc) is 2.77. The molecule has 90 valence electrons. The average molecular weight is 232 g/mol. The van der Waals surface area contributed by atoms with E-state index in [0.29, 0.717) is 5.88 Å². The minimum atomic E-state index is 0.338. The zero-order valence-corrected chi connectivity index (χ0v) is 9.85. The first-order chi connectivity index (χ1) is 8.31. The molecule has 17 heavy (non-hydrogen) atoms. The number of hydrogen-bond donors (Lipinski definition) is 1. The van der Waals surface area contributed by atoms with Crippen molar-refractivity contribution in [1.29, 1.82) is 0 Å². The van der Waals surface area contributed by atoms with Gasteiger partial charge in [0.25, 0.3) is 0 Å². The lowest BCUT2D eigenvalue weighted by Crippen LogP contribution is -1.96. The Balaban J connectivity index is 2.06. The van der Waals surface area contributed by atoms with Crippen LogP contribution in [0.1, 0.15) is 19.8 Å². The van der Waals surface area contributed by atoms with Gasteiger partial charge in [-0.1, -0.05) is 30.6 Å². The zero-order valence-electron chi connectivity index (χ0n) is 9.85. The smallest absolute Gasteiger partial charge is 0.229 e. The number of nitrogens with zero attached hydrogens (tertiary/aromatic N) is 1. The van der Waals surface area contributed by atoms with Crippen molar-refractivity contribution in [3.63, 3.8) is 0 Å². The van der Waals surface area contributed by atoms with Crippen molar-refractivity contribution >= 4 is 5.88 Å². The van der Waals surface area contributed by atoms with Crippen molar-refractivity contribution < 1.29 is 9.26 Å². The Morgan fingerprint density at radius 1 is 1.29 bits per heavy atom. The van der Waals surface area contributed by atoms with E-state index in [1.807, 2.05) is 24.3 Å². The van der Waals surface area contributed by atoms with Crippen molar-refractivity contribution in [2.45, 2.75) is 19.8 Å². The SMILES string of the molecule is CCCCOc1ccc(-c2cnoc2N)cc1. The number of hydrogen-bond acceptors (Lipinski definition) is 4. The Hall–Kier alpha value is -1.97. The van der Waals surface area contributed by atoms with E-state index in [1.54, 1.807) is 6.20 Å². The molecular weight excluding hydrogens is 216 g/mol. The summed E-state index contributed by atoms with van der Waals surface area (Å²) in [6.07, 6.45) is 3.82. The molecule has 0 saturated carbocycles. The largest absolute Gasteiger partial charge is 0.494 e. The highest BCUT2D eigenvalue weighted by atomic mass is 16.5. The molecule has 0 atom stereocenters. The van der Waals surface area contributed by atoms with Gasteiger partial charge in [-0.2, -0.15) is 0 Å². The lowest BCUT2D eigenvalue weighted by molar-refractivity contribution is 0.309. The molecule has 0 aliphatic carbocycles. The van der Waals surface area contributed by atoms with Crippen LogP contribution in [0.4, 0.5) is 5.88 Å². The summed E-state index contributed by atoms with van der Waals surface area (Å²) in [4.78, 5) is 0. The Morgan fingerprint density at radius 2 is 2.06 bits per heavy atom. The van der Waals surface area contributed by atoms with Gasteiger partial charge in [0.1, 0.15) is 5.75 Å². The predicted octanol–water partition coefficient (Wildman–Crippen LogP) is 3.10. The molecule has 1 aromatic carbocycles. The molecule has 0 amide bonds. The van der Waals surface area contributed by atoms with Gasteiger partial charge in [0.2, 0.25) is 5.88 Å². The highest BCUT2D eigenvalue weighted by molar-refractivity contribution is 5.72. The van der Waals surface area contributed by atoms with Crippen molar-refractivity contribution in [3.05, 3.63) is 30.5 Å². The highest BCUT2D eigenvalue weighted by Crippen LogP contribution is 2.26. The molecule has 2 rings (SSSR count). The van der Waals surface area contributed by atoms with Gasteiger partial charge in [-0.3, -0.25) is 0 Å². The summed E-state index contributed by atoms with van der Waals surface area (Å²) >= 11 is 0. The second kappa shape index (κ2) is 5.39. The summed E-state index contributed by atoms with van der Waals surface area (Å²) in [6.45, 7) is 2.90. The first-order valence-electron chi connectivity index (χ1n) is 5.74. The minimum Gasteiger partial charge on any atom is -0.494 e. The van der Waals surface area contributed by atoms with Gasteiger partial charge in [0.05, 0.1) is 18.4 Å². The van der Waals surface area contributed by atoms with E-state index < -0.39 is 0 Å². The fourth-order valence-electron chi connectivity index (χ4n) is 1.53. The van der Waals surface area contributed by atoms with Crippen molar-refractivity contribution in [2.75, 3.05) is 12.3 Å². The van der Waals surface area contributed by atoms with Crippen LogP contribution >= 0.6 is 0 Å². The summed E-state index contributed by atoms with van der Waals surface area (Å²) in [7, 11) is 0. The molecule has 2 N–H and O–H groups in total. The van der Waals surface area contributed by atoms with E-state index >= 15 is 0 Å². The van der Waals surface area contributed by atoms with E-state index in [1.165, 1.54) is 0 Å². The quantitative estimate of drug-likeness (QED) is 0.804. The van der Waals surface area contributed by atoms with Gasteiger partial charge in [0.15, 0.2) is 0 Å². The van der Waals surface area contributed by atoms with E-state index in [4.69, 9.17) is 15.0 Å². The van der Waals surface area contributed by atoms with Gasteiger partial charge in [0, 0.05) is 0 Å². The van der Waals surface area contributed by atoms with Crippen molar-refractivity contribution in [3.8, 4) is 16.9 Å². The normalized spacial score (nSPS) is 10.4. The standard InChI is InChI=1S/C13H16N2O2/c1-2-3-8-16-11-6-4-10(5-7-11)12-9-15-17-13(12)14/h4-7,9H,2-3,8,14H2,1H3. The number of nitrogens with two attached hydrogens (primary N) is 1. The van der Waals surface area contributed by atoms with Crippen molar-refractivity contribution in [2.24, 2.45) is 0 Å². The number of aromatic nitrogens is 1. The van der Waals surface area contributed by atoms with Crippen molar-refractivity contribution in [1.82, 2.24) is 5.16 Å². The van der Waals surface area contributed by atoms with Crippen LogP contribution < -0.4 is 10.5 Å². The predicted molar refractivity (Wildman–Crippen MR) is 66.8 cm³/mol. The number of benzene rings is 1. The molecule has 0 aliphatic rings. The summed E-state index contributed by atoms with van der Waals surface area (Å²) in [6, 6.07) is 7.75. The molecule has 1 heterocycles. The Kier molecular flexibility index (Phi) is 3.65. The topological polar surface area (TPSA) is 61.3 Å². The maximum Gasteiger partial charge on any atom is 0.229 e. The second-order valence-corrected chi connectivity index (χ2v) is 3.83. The minimum absolute atomic E-state index is 0.338. The molecule has 0 saturated heterocycles. The highest BCUT2D eigenvalue weighted by Gasteiger charge is 2.06. The third-order valence-corrected chi connectivity index (χ3v) is 2.53. The fraction of sp³-hybridized carbons (Fsp3) is 0.308. The number of anilines is 1. The molecule has 0 spiro atoms. The first-order valence-corrected chi connectivity index (χ1v) is 5.74. The van der Waals surface area contributed by atoms with Gasteiger partial charge in [-0.15, -0.1) is 0 Å². The monoisotopic (exact) mass is 232 g/mol. The molecule has 0 unspecified atom stereocenters. The van der Waals surface area contributed by atoms with Crippen LogP contribution in [0.15, 0.2) is 35.0 Å². The molecule has 0 radical (unpaired) electrons. The fourth-order valence-corrected chi connectivity index (χ4v) is 1.53. The molecule has 0 bridgehead atoms. The van der Waals surface area contributed by atoms with Gasteiger partial charge < -0.3 is 15.0 Å². The van der Waals surface area contributed by atoms with Crippen LogP contribution in [0.25, 0.3) is 11.1 Å². The number of ether oxygens (including phenoxy) is 1. The molecule has 1 aromatic heterocycles.